The summed E-state index contributed by atoms with van der Waals surface area (Å²) in [5.74, 6) is 0.579. The van der Waals surface area contributed by atoms with Crippen molar-refractivity contribution in [2.24, 2.45) is 0 Å². The van der Waals surface area contributed by atoms with Gasteiger partial charge in [-0.15, -0.1) is 0 Å². The Bertz CT molecular complexity index is 704. The van der Waals surface area contributed by atoms with Crippen molar-refractivity contribution >= 4 is 16.8 Å². The summed E-state index contributed by atoms with van der Waals surface area (Å²) < 4.78 is 7.02. The number of ether oxygens (including phenoxy) is 1. The molecule has 1 amide bonds. The lowest BCUT2D eigenvalue weighted by atomic mass is 10.1. The second kappa shape index (κ2) is 5.77. The predicted octanol–water partition coefficient (Wildman–Crippen LogP) is 1.45. The summed E-state index contributed by atoms with van der Waals surface area (Å²) in [5, 5.41) is 3.34. The van der Waals surface area contributed by atoms with Crippen LogP contribution in [0.4, 0.5) is 0 Å². The molecule has 2 rings (SSSR count). The highest BCUT2D eigenvalue weighted by atomic mass is 16.5. The van der Waals surface area contributed by atoms with Gasteiger partial charge in [-0.1, -0.05) is 0 Å². The van der Waals surface area contributed by atoms with Gasteiger partial charge in [0.2, 0.25) is 5.91 Å². The van der Waals surface area contributed by atoms with Gasteiger partial charge in [-0.05, 0) is 26.0 Å². The minimum absolute atomic E-state index is 0.0488. The van der Waals surface area contributed by atoms with E-state index in [-0.39, 0.29) is 17.9 Å². The number of amides is 1. The van der Waals surface area contributed by atoms with Crippen molar-refractivity contribution in [3.05, 3.63) is 40.2 Å². The van der Waals surface area contributed by atoms with E-state index in [1.54, 1.807) is 31.4 Å². The number of aryl methyl sites for hydroxylation is 1. The summed E-state index contributed by atoms with van der Waals surface area (Å²) in [6.07, 6.45) is 0. The number of pyridine rings is 1. The number of hydrogen-bond acceptors (Lipinski definition) is 3. The second-order valence-electron chi connectivity index (χ2n) is 4.57. The Balaban J connectivity index is 2.61. The van der Waals surface area contributed by atoms with E-state index in [4.69, 9.17) is 4.74 Å². The molecule has 0 spiro atoms. The first-order valence-electron chi connectivity index (χ1n) is 6.51. The average molecular weight is 274 g/mol. The highest BCUT2D eigenvalue weighted by Gasteiger charge is 2.10. The summed E-state index contributed by atoms with van der Waals surface area (Å²) in [4.78, 5) is 23.8. The van der Waals surface area contributed by atoms with Crippen molar-refractivity contribution in [2.45, 2.75) is 20.4 Å². The molecule has 2 aromatic rings. The first kappa shape index (κ1) is 14.1. The van der Waals surface area contributed by atoms with E-state index < -0.39 is 0 Å². The number of aromatic nitrogens is 1. The Kier molecular flexibility index (Phi) is 4.08. The largest absolute Gasteiger partial charge is 0.497 e. The van der Waals surface area contributed by atoms with Crippen molar-refractivity contribution in [3.63, 3.8) is 0 Å². The molecule has 106 valence electrons. The number of nitrogens with zero attached hydrogens (tertiary/aromatic N) is 1. The molecule has 0 saturated heterocycles. The molecule has 1 N–H and O–H groups in total. The monoisotopic (exact) mass is 274 g/mol. The van der Waals surface area contributed by atoms with Gasteiger partial charge in [-0.25, -0.2) is 0 Å². The third-order valence-corrected chi connectivity index (χ3v) is 3.20. The fourth-order valence-corrected chi connectivity index (χ4v) is 2.21. The topological polar surface area (TPSA) is 60.3 Å². The van der Waals surface area contributed by atoms with Gasteiger partial charge in [-0.3, -0.25) is 9.59 Å². The second-order valence-corrected chi connectivity index (χ2v) is 4.57. The minimum atomic E-state index is -0.0802. The van der Waals surface area contributed by atoms with Crippen LogP contribution in [0.3, 0.4) is 0 Å². The Labute approximate surface area is 117 Å². The summed E-state index contributed by atoms with van der Waals surface area (Å²) in [6, 6.07) is 6.80. The van der Waals surface area contributed by atoms with Crippen molar-refractivity contribution in [2.75, 3.05) is 13.7 Å². The maximum Gasteiger partial charge on any atom is 0.239 e. The molecule has 0 fully saturated rings. The lowest BCUT2D eigenvalue weighted by Gasteiger charge is -2.15. The first-order valence-corrected chi connectivity index (χ1v) is 6.51. The molecule has 0 aliphatic rings. The van der Waals surface area contributed by atoms with E-state index in [0.29, 0.717) is 23.2 Å². The van der Waals surface area contributed by atoms with Crippen LogP contribution in [0.5, 0.6) is 5.75 Å². The third kappa shape index (κ3) is 2.66. The molecule has 0 aliphatic carbocycles. The number of hydrogen-bond donors (Lipinski definition) is 1. The van der Waals surface area contributed by atoms with Crippen LogP contribution < -0.4 is 15.5 Å². The third-order valence-electron chi connectivity index (χ3n) is 3.20. The molecule has 5 nitrogen and oxygen atoms in total. The SMILES string of the molecule is CCNC(=O)Cn1c(C)cc(=O)c2ccc(OC)cc21. The molecule has 5 heteroatoms. The van der Waals surface area contributed by atoms with Crippen LogP contribution in [0.2, 0.25) is 0 Å². The van der Waals surface area contributed by atoms with E-state index in [0.717, 1.165) is 5.69 Å². The van der Waals surface area contributed by atoms with E-state index >= 15 is 0 Å². The molecular formula is C15H18N2O3. The molecule has 1 aromatic heterocycles. The zero-order valence-electron chi connectivity index (χ0n) is 11.9. The average Bonchev–Trinajstić information content (AvgIpc) is 2.43. The Hall–Kier alpha value is -2.30. The minimum Gasteiger partial charge on any atom is -0.497 e. The molecule has 1 heterocycles. The lowest BCUT2D eigenvalue weighted by Crippen LogP contribution is -2.28. The smallest absolute Gasteiger partial charge is 0.239 e. The van der Waals surface area contributed by atoms with E-state index in [1.807, 2.05) is 18.4 Å². The standard InChI is InChI=1S/C15H18N2O3/c1-4-16-15(19)9-17-10(2)7-14(18)12-6-5-11(20-3)8-13(12)17/h5-8H,4,9H2,1-3H3,(H,16,19). The van der Waals surface area contributed by atoms with Crippen LogP contribution in [0.15, 0.2) is 29.1 Å². The van der Waals surface area contributed by atoms with Gasteiger partial charge < -0.3 is 14.6 Å². The van der Waals surface area contributed by atoms with E-state index in [2.05, 4.69) is 5.32 Å². The number of fused-ring (bicyclic) bond motifs is 1. The number of carbonyl (C=O) groups is 1. The highest BCUT2D eigenvalue weighted by molar-refractivity contribution is 5.83. The fraction of sp³-hybridized carbons (Fsp3) is 0.333. The molecular weight excluding hydrogens is 256 g/mol. The lowest BCUT2D eigenvalue weighted by molar-refractivity contribution is -0.121. The number of benzene rings is 1. The fourth-order valence-electron chi connectivity index (χ4n) is 2.21. The zero-order chi connectivity index (χ0) is 14.7. The summed E-state index contributed by atoms with van der Waals surface area (Å²) in [6.45, 7) is 4.46. The van der Waals surface area contributed by atoms with Crippen molar-refractivity contribution < 1.29 is 9.53 Å². The number of likely N-dealkylation sites (N-methyl/N-ethyl adjacent to an activating group) is 1. The normalized spacial score (nSPS) is 10.6. The van der Waals surface area contributed by atoms with Crippen LogP contribution in [0.25, 0.3) is 10.9 Å². The van der Waals surface area contributed by atoms with Gasteiger partial charge in [0.25, 0.3) is 0 Å². The van der Waals surface area contributed by atoms with Crippen LogP contribution in [0, 0.1) is 6.92 Å². The number of nitrogens with one attached hydrogen (secondary N) is 1. The number of rotatable bonds is 4. The first-order chi connectivity index (χ1) is 9.56. The zero-order valence-corrected chi connectivity index (χ0v) is 11.9. The van der Waals surface area contributed by atoms with Gasteiger partial charge in [-0.2, -0.15) is 0 Å². The molecule has 0 unspecified atom stereocenters. The van der Waals surface area contributed by atoms with E-state index in [9.17, 15) is 9.59 Å². The molecule has 0 atom stereocenters. The Morgan fingerprint density at radius 1 is 1.35 bits per heavy atom. The number of methoxy groups -OCH3 is 1. The maximum absolute atomic E-state index is 12.0. The van der Waals surface area contributed by atoms with Crippen LogP contribution >= 0.6 is 0 Å². The summed E-state index contributed by atoms with van der Waals surface area (Å²) in [5.41, 5.74) is 1.41. The molecule has 20 heavy (non-hydrogen) atoms. The molecule has 0 aliphatic heterocycles. The predicted molar refractivity (Wildman–Crippen MR) is 78.2 cm³/mol. The number of carbonyl (C=O) groups excluding carboxylic acids is 1. The van der Waals surface area contributed by atoms with Gasteiger partial charge in [0, 0.05) is 29.8 Å². The van der Waals surface area contributed by atoms with Crippen LogP contribution in [-0.4, -0.2) is 24.1 Å². The molecule has 0 radical (unpaired) electrons. The van der Waals surface area contributed by atoms with Gasteiger partial charge >= 0.3 is 0 Å². The summed E-state index contributed by atoms with van der Waals surface area (Å²) in [7, 11) is 1.57. The van der Waals surface area contributed by atoms with Gasteiger partial charge in [0.15, 0.2) is 5.43 Å². The quantitative estimate of drug-likeness (QED) is 0.918. The Morgan fingerprint density at radius 3 is 2.75 bits per heavy atom. The van der Waals surface area contributed by atoms with Crippen molar-refractivity contribution in [3.8, 4) is 5.75 Å². The molecule has 0 saturated carbocycles. The maximum atomic E-state index is 12.0. The Morgan fingerprint density at radius 2 is 2.10 bits per heavy atom. The van der Waals surface area contributed by atoms with Crippen molar-refractivity contribution in [1.29, 1.82) is 0 Å². The van der Waals surface area contributed by atoms with Crippen molar-refractivity contribution in [1.82, 2.24) is 9.88 Å². The van der Waals surface area contributed by atoms with E-state index in [1.165, 1.54) is 0 Å². The molecule has 0 bridgehead atoms. The summed E-state index contributed by atoms with van der Waals surface area (Å²) >= 11 is 0. The molecule has 1 aromatic carbocycles. The van der Waals surface area contributed by atoms with Crippen LogP contribution in [0.1, 0.15) is 12.6 Å². The van der Waals surface area contributed by atoms with Crippen LogP contribution in [-0.2, 0) is 11.3 Å². The van der Waals surface area contributed by atoms with Gasteiger partial charge in [0.05, 0.1) is 12.6 Å². The highest BCUT2D eigenvalue weighted by Crippen LogP contribution is 2.19. The van der Waals surface area contributed by atoms with Gasteiger partial charge in [0.1, 0.15) is 12.3 Å².